The molecule has 1 fully saturated rings. The van der Waals surface area contributed by atoms with Crippen LogP contribution in [-0.2, 0) is 4.79 Å². The standard InChI is InChI=1S/C21H34N2O3S/c1-15-11-16(2)14-23(13-15)10-6-9-22-21(24)17(3)27-18-7-8-19(25-4)20(12-18)26-5/h7-8,12,15-17H,6,9-11,13-14H2,1-5H3,(H,22,24)/t15-,16-,17-/m1/s1. The van der Waals surface area contributed by atoms with E-state index < -0.39 is 0 Å². The Bertz CT molecular complexity index is 601. The number of methoxy groups -OCH3 is 2. The zero-order valence-corrected chi connectivity index (χ0v) is 18.1. The predicted molar refractivity (Wildman–Crippen MR) is 112 cm³/mol. The summed E-state index contributed by atoms with van der Waals surface area (Å²) in [5.74, 6) is 3.01. The number of carbonyl (C=O) groups is 1. The Morgan fingerprint density at radius 1 is 1.22 bits per heavy atom. The van der Waals surface area contributed by atoms with Gasteiger partial charge in [0.15, 0.2) is 11.5 Å². The van der Waals surface area contributed by atoms with Crippen molar-refractivity contribution < 1.29 is 14.3 Å². The maximum atomic E-state index is 12.4. The van der Waals surface area contributed by atoms with E-state index in [1.165, 1.54) is 31.3 Å². The quantitative estimate of drug-likeness (QED) is 0.512. The third-order valence-corrected chi connectivity index (χ3v) is 6.03. The number of likely N-dealkylation sites (tertiary alicyclic amines) is 1. The summed E-state index contributed by atoms with van der Waals surface area (Å²) in [5, 5.41) is 2.92. The van der Waals surface area contributed by atoms with E-state index in [-0.39, 0.29) is 11.2 Å². The Hall–Kier alpha value is -1.40. The summed E-state index contributed by atoms with van der Waals surface area (Å²) in [5.41, 5.74) is 0. The van der Waals surface area contributed by atoms with Gasteiger partial charge in [-0.3, -0.25) is 4.79 Å². The third kappa shape index (κ3) is 6.92. The molecule has 1 amide bonds. The van der Waals surface area contributed by atoms with Gasteiger partial charge in [0.25, 0.3) is 0 Å². The summed E-state index contributed by atoms with van der Waals surface area (Å²) in [4.78, 5) is 15.9. The minimum Gasteiger partial charge on any atom is -0.493 e. The van der Waals surface area contributed by atoms with Crippen LogP contribution in [0.5, 0.6) is 11.5 Å². The van der Waals surface area contributed by atoms with E-state index in [0.29, 0.717) is 11.5 Å². The van der Waals surface area contributed by atoms with Gasteiger partial charge in [-0.25, -0.2) is 0 Å². The molecule has 1 saturated heterocycles. The number of thioether (sulfide) groups is 1. The second-order valence-corrected chi connectivity index (χ2v) is 9.04. The molecule has 0 radical (unpaired) electrons. The first-order valence-electron chi connectivity index (χ1n) is 9.81. The maximum Gasteiger partial charge on any atom is 0.233 e. The van der Waals surface area contributed by atoms with Gasteiger partial charge in [0.05, 0.1) is 19.5 Å². The van der Waals surface area contributed by atoms with Crippen molar-refractivity contribution in [1.29, 1.82) is 0 Å². The van der Waals surface area contributed by atoms with Crippen molar-refractivity contribution in [3.8, 4) is 11.5 Å². The van der Waals surface area contributed by atoms with Crippen LogP contribution >= 0.6 is 11.8 Å². The van der Waals surface area contributed by atoms with Crippen LogP contribution in [0, 0.1) is 11.8 Å². The van der Waals surface area contributed by atoms with Crippen molar-refractivity contribution in [1.82, 2.24) is 10.2 Å². The van der Waals surface area contributed by atoms with Crippen LogP contribution in [0.15, 0.2) is 23.1 Å². The Balaban J connectivity index is 1.72. The van der Waals surface area contributed by atoms with Crippen molar-refractivity contribution in [3.63, 3.8) is 0 Å². The Kier molecular flexibility index (Phi) is 8.77. The largest absolute Gasteiger partial charge is 0.493 e. The number of nitrogens with zero attached hydrogens (tertiary/aromatic N) is 1. The molecule has 6 heteroatoms. The molecule has 1 N–H and O–H groups in total. The first-order valence-corrected chi connectivity index (χ1v) is 10.7. The number of nitrogens with one attached hydrogen (secondary N) is 1. The van der Waals surface area contributed by atoms with Crippen molar-refractivity contribution >= 4 is 17.7 Å². The number of piperidine rings is 1. The van der Waals surface area contributed by atoms with Crippen LogP contribution in [0.4, 0.5) is 0 Å². The molecular weight excluding hydrogens is 360 g/mol. The number of hydrogen-bond acceptors (Lipinski definition) is 5. The molecule has 1 heterocycles. The second kappa shape index (κ2) is 10.8. The molecule has 27 heavy (non-hydrogen) atoms. The number of hydrogen-bond donors (Lipinski definition) is 1. The lowest BCUT2D eigenvalue weighted by Gasteiger charge is -2.34. The average molecular weight is 395 g/mol. The van der Waals surface area contributed by atoms with E-state index in [2.05, 4.69) is 24.1 Å². The third-order valence-electron chi connectivity index (χ3n) is 4.93. The molecule has 1 aliphatic rings. The highest BCUT2D eigenvalue weighted by atomic mass is 32.2. The summed E-state index contributed by atoms with van der Waals surface area (Å²) in [7, 11) is 3.23. The first kappa shape index (κ1) is 21.9. The van der Waals surface area contributed by atoms with Crippen LogP contribution in [-0.4, -0.2) is 56.5 Å². The van der Waals surface area contributed by atoms with Crippen molar-refractivity contribution in [2.45, 2.75) is 43.8 Å². The molecule has 1 aromatic carbocycles. The molecule has 152 valence electrons. The SMILES string of the molecule is COc1ccc(S[C@H](C)C(=O)NCCCN2C[C@H](C)C[C@@H](C)C2)cc1OC. The molecule has 0 unspecified atom stereocenters. The Labute approximate surface area is 168 Å². The fraction of sp³-hybridized carbons (Fsp3) is 0.667. The minimum absolute atomic E-state index is 0.0789. The molecule has 0 saturated carbocycles. The van der Waals surface area contributed by atoms with Gasteiger partial charge in [0.1, 0.15) is 0 Å². The van der Waals surface area contributed by atoms with Crippen LogP contribution in [0.1, 0.15) is 33.6 Å². The Morgan fingerprint density at radius 2 is 1.89 bits per heavy atom. The molecule has 0 bridgehead atoms. The van der Waals surface area contributed by atoms with Crippen molar-refractivity contribution in [2.24, 2.45) is 11.8 Å². The maximum absolute atomic E-state index is 12.4. The van der Waals surface area contributed by atoms with Crippen molar-refractivity contribution in [2.75, 3.05) is 40.4 Å². The van der Waals surface area contributed by atoms with Gasteiger partial charge in [-0.05, 0) is 56.3 Å². The van der Waals surface area contributed by atoms with Crippen LogP contribution in [0.3, 0.4) is 0 Å². The lowest BCUT2D eigenvalue weighted by molar-refractivity contribution is -0.120. The molecule has 0 aliphatic carbocycles. The number of rotatable bonds is 9. The predicted octanol–water partition coefficient (Wildman–Crippen LogP) is 3.67. The highest BCUT2D eigenvalue weighted by molar-refractivity contribution is 8.00. The molecular formula is C21H34N2O3S. The molecule has 2 rings (SSSR count). The number of amides is 1. The summed E-state index contributed by atoms with van der Waals surface area (Å²) in [6.45, 7) is 10.8. The van der Waals surface area contributed by atoms with Crippen LogP contribution in [0.25, 0.3) is 0 Å². The van der Waals surface area contributed by atoms with E-state index in [1.807, 2.05) is 25.1 Å². The van der Waals surface area contributed by atoms with Gasteiger partial charge in [0, 0.05) is 24.5 Å². The summed E-state index contributed by atoms with van der Waals surface area (Å²) in [6, 6.07) is 5.73. The van der Waals surface area contributed by atoms with E-state index >= 15 is 0 Å². The van der Waals surface area contributed by atoms with E-state index in [9.17, 15) is 4.79 Å². The molecule has 0 aromatic heterocycles. The van der Waals surface area contributed by atoms with Crippen LogP contribution in [0.2, 0.25) is 0 Å². The smallest absolute Gasteiger partial charge is 0.233 e. The highest BCUT2D eigenvalue weighted by Gasteiger charge is 2.21. The van der Waals surface area contributed by atoms with Gasteiger partial charge >= 0.3 is 0 Å². The second-order valence-electron chi connectivity index (χ2n) is 7.63. The first-order chi connectivity index (χ1) is 12.9. The molecule has 0 spiro atoms. The minimum atomic E-state index is -0.155. The Morgan fingerprint density at radius 3 is 2.52 bits per heavy atom. The molecule has 1 aliphatic heterocycles. The molecule has 5 nitrogen and oxygen atoms in total. The summed E-state index contributed by atoms with van der Waals surface area (Å²) >= 11 is 1.53. The van der Waals surface area contributed by atoms with Gasteiger partial charge in [-0.15, -0.1) is 11.8 Å². The topological polar surface area (TPSA) is 50.8 Å². The van der Waals surface area contributed by atoms with Crippen molar-refractivity contribution in [3.05, 3.63) is 18.2 Å². The monoisotopic (exact) mass is 394 g/mol. The lowest BCUT2D eigenvalue weighted by Crippen LogP contribution is -2.40. The number of benzene rings is 1. The zero-order valence-electron chi connectivity index (χ0n) is 17.3. The van der Waals surface area contributed by atoms with Gasteiger partial charge < -0.3 is 19.7 Å². The van der Waals surface area contributed by atoms with Gasteiger partial charge in [-0.1, -0.05) is 13.8 Å². The fourth-order valence-electron chi connectivity index (χ4n) is 3.78. The van der Waals surface area contributed by atoms with E-state index in [0.717, 1.165) is 36.2 Å². The fourth-order valence-corrected chi connectivity index (χ4v) is 4.70. The zero-order chi connectivity index (χ0) is 19.8. The average Bonchev–Trinajstić information content (AvgIpc) is 2.64. The number of ether oxygens (including phenoxy) is 2. The van der Waals surface area contributed by atoms with Crippen LogP contribution < -0.4 is 14.8 Å². The summed E-state index contributed by atoms with van der Waals surface area (Å²) in [6.07, 6.45) is 2.33. The van der Waals surface area contributed by atoms with E-state index in [1.54, 1.807) is 14.2 Å². The van der Waals surface area contributed by atoms with Gasteiger partial charge in [0.2, 0.25) is 5.91 Å². The number of carbonyl (C=O) groups excluding carboxylic acids is 1. The molecule has 3 atom stereocenters. The molecule has 1 aromatic rings. The summed E-state index contributed by atoms with van der Waals surface area (Å²) < 4.78 is 10.6. The highest BCUT2D eigenvalue weighted by Crippen LogP contribution is 2.33. The lowest BCUT2D eigenvalue weighted by atomic mass is 9.92. The normalized spacial score (nSPS) is 21.5. The van der Waals surface area contributed by atoms with Gasteiger partial charge in [-0.2, -0.15) is 0 Å². The van der Waals surface area contributed by atoms with E-state index in [4.69, 9.17) is 9.47 Å².